The number of fused-ring (bicyclic) bond motifs is 1. The molecule has 1 unspecified atom stereocenters. The minimum atomic E-state index is 0.00694. The van der Waals surface area contributed by atoms with Crippen molar-refractivity contribution in [1.29, 1.82) is 5.26 Å². The minimum absolute atomic E-state index is 0.00694. The lowest BCUT2D eigenvalue weighted by atomic mass is 10.0. The van der Waals surface area contributed by atoms with Gasteiger partial charge in [-0.2, -0.15) is 5.26 Å². The SMILES string of the molecule is CCc1cc(C#N)cc2c(NCc3ccc(OC)c(Cl)c3)c(COCC3(I)CCCN3C(C)C)cnc12. The zero-order valence-electron chi connectivity index (χ0n) is 21.9. The van der Waals surface area contributed by atoms with Crippen LogP contribution in [0.1, 0.15) is 55.9 Å². The van der Waals surface area contributed by atoms with Crippen LogP contribution in [0.3, 0.4) is 0 Å². The molecule has 1 aromatic heterocycles. The maximum Gasteiger partial charge on any atom is 0.137 e. The zero-order valence-corrected chi connectivity index (χ0v) is 24.8. The number of nitriles is 1. The molecular weight excluding hydrogens is 599 g/mol. The topological polar surface area (TPSA) is 70.4 Å². The second-order valence-electron chi connectivity index (χ2n) is 9.78. The number of alkyl halides is 1. The van der Waals surface area contributed by atoms with Gasteiger partial charge in [-0.25, -0.2) is 0 Å². The third kappa shape index (κ3) is 6.14. The van der Waals surface area contributed by atoms with Crippen molar-refractivity contribution < 1.29 is 9.47 Å². The van der Waals surface area contributed by atoms with Crippen LogP contribution in [0.15, 0.2) is 36.5 Å². The molecule has 0 spiro atoms. The van der Waals surface area contributed by atoms with E-state index in [1.807, 2.05) is 36.5 Å². The highest BCUT2D eigenvalue weighted by molar-refractivity contribution is 14.1. The fourth-order valence-electron chi connectivity index (χ4n) is 5.14. The average molecular weight is 633 g/mol. The lowest BCUT2D eigenvalue weighted by Gasteiger charge is -2.36. The van der Waals surface area contributed by atoms with Gasteiger partial charge in [0.05, 0.1) is 51.7 Å². The van der Waals surface area contributed by atoms with Crippen molar-refractivity contribution in [2.45, 2.75) is 62.8 Å². The number of nitrogens with zero attached hydrogens (tertiary/aromatic N) is 3. The summed E-state index contributed by atoms with van der Waals surface area (Å²) >= 11 is 8.94. The molecule has 37 heavy (non-hydrogen) atoms. The van der Waals surface area contributed by atoms with Crippen molar-refractivity contribution in [2.24, 2.45) is 0 Å². The number of anilines is 1. The Morgan fingerprint density at radius 1 is 1.27 bits per heavy atom. The van der Waals surface area contributed by atoms with Crippen molar-refractivity contribution in [1.82, 2.24) is 9.88 Å². The third-order valence-corrected chi connectivity index (χ3v) is 8.77. The molecule has 1 saturated heterocycles. The number of benzene rings is 2. The van der Waals surface area contributed by atoms with Crippen LogP contribution in [-0.2, 0) is 24.3 Å². The number of pyridine rings is 1. The Bertz CT molecular complexity index is 1310. The van der Waals surface area contributed by atoms with Gasteiger partial charge in [0.25, 0.3) is 0 Å². The van der Waals surface area contributed by atoms with Crippen LogP contribution in [0.4, 0.5) is 5.69 Å². The fraction of sp³-hybridized carbons (Fsp3) is 0.448. The van der Waals surface area contributed by atoms with Gasteiger partial charge in [-0.15, -0.1) is 0 Å². The molecular formula is C29H34ClIN4O2. The first-order chi connectivity index (χ1) is 17.8. The Hall–Kier alpha value is -2.12. The highest BCUT2D eigenvalue weighted by Crippen LogP contribution is 2.38. The maximum absolute atomic E-state index is 9.68. The molecule has 1 fully saturated rings. The molecule has 3 aromatic rings. The van der Waals surface area contributed by atoms with Crippen LogP contribution in [0.5, 0.6) is 5.75 Å². The van der Waals surface area contributed by atoms with Crippen molar-refractivity contribution in [3.05, 3.63) is 63.8 Å². The van der Waals surface area contributed by atoms with Crippen molar-refractivity contribution >= 4 is 50.8 Å². The molecule has 1 atom stereocenters. The van der Waals surface area contributed by atoms with Gasteiger partial charge in [-0.1, -0.05) is 47.2 Å². The van der Waals surface area contributed by atoms with Gasteiger partial charge in [0, 0.05) is 29.7 Å². The summed E-state index contributed by atoms with van der Waals surface area (Å²) in [6.07, 6.45) is 5.02. The van der Waals surface area contributed by atoms with E-state index in [-0.39, 0.29) is 3.55 Å². The van der Waals surface area contributed by atoms with Gasteiger partial charge in [-0.05, 0) is 75.0 Å². The molecule has 6 nitrogen and oxygen atoms in total. The van der Waals surface area contributed by atoms with Crippen LogP contribution in [0.25, 0.3) is 10.9 Å². The Balaban J connectivity index is 1.65. The number of rotatable bonds is 10. The Kier molecular flexibility index (Phi) is 9.17. The molecule has 2 aromatic carbocycles. The van der Waals surface area contributed by atoms with Gasteiger partial charge in [0.15, 0.2) is 0 Å². The van der Waals surface area contributed by atoms with E-state index in [1.54, 1.807) is 7.11 Å². The second-order valence-corrected chi connectivity index (χ2v) is 12.2. The summed E-state index contributed by atoms with van der Waals surface area (Å²) in [7, 11) is 1.61. The van der Waals surface area contributed by atoms with E-state index in [4.69, 9.17) is 26.1 Å². The average Bonchev–Trinajstić information content (AvgIpc) is 3.28. The van der Waals surface area contributed by atoms with Gasteiger partial charge in [0.2, 0.25) is 0 Å². The molecule has 196 valence electrons. The number of hydrogen-bond donors (Lipinski definition) is 1. The first-order valence-electron chi connectivity index (χ1n) is 12.7. The summed E-state index contributed by atoms with van der Waals surface area (Å²) in [6, 6.07) is 12.4. The Morgan fingerprint density at radius 3 is 2.76 bits per heavy atom. The fourth-order valence-corrected chi connectivity index (χ4v) is 6.82. The summed E-state index contributed by atoms with van der Waals surface area (Å²) in [5, 5.41) is 14.8. The maximum atomic E-state index is 9.68. The highest BCUT2D eigenvalue weighted by atomic mass is 127. The first kappa shape index (κ1) is 27.9. The normalized spacial score (nSPS) is 17.9. The standard InChI is InChI=1S/C29H34ClIN4O2/c1-5-22-11-21(14-32)12-24-27(22)34-16-23(17-37-18-29(31)9-6-10-35(29)19(2)3)28(24)33-15-20-7-8-26(36-4)25(30)13-20/h7-8,11-13,16,19H,5-6,9-10,15,17-18H2,1-4H3,(H,33,34). The van der Waals surface area contributed by atoms with Crippen molar-refractivity contribution in [3.63, 3.8) is 0 Å². The number of aromatic nitrogens is 1. The molecule has 2 heterocycles. The molecule has 0 aliphatic carbocycles. The number of ether oxygens (including phenoxy) is 2. The summed E-state index contributed by atoms with van der Waals surface area (Å²) in [6.45, 7) is 9.33. The minimum Gasteiger partial charge on any atom is -0.495 e. The summed E-state index contributed by atoms with van der Waals surface area (Å²) in [4.78, 5) is 7.34. The number of halogens is 2. The molecule has 0 radical (unpaired) electrons. The van der Waals surface area contributed by atoms with Gasteiger partial charge >= 0.3 is 0 Å². The van der Waals surface area contributed by atoms with E-state index in [0.717, 1.165) is 52.7 Å². The van der Waals surface area contributed by atoms with Crippen LogP contribution in [0.2, 0.25) is 5.02 Å². The van der Waals surface area contributed by atoms with Gasteiger partial charge in [-0.3, -0.25) is 9.88 Å². The van der Waals surface area contributed by atoms with Crippen LogP contribution < -0.4 is 10.1 Å². The van der Waals surface area contributed by atoms with Gasteiger partial charge < -0.3 is 14.8 Å². The molecule has 4 rings (SSSR count). The molecule has 1 aliphatic rings. The molecule has 0 amide bonds. The van der Waals surface area contributed by atoms with E-state index in [9.17, 15) is 5.26 Å². The van der Waals surface area contributed by atoms with Crippen molar-refractivity contribution in [3.8, 4) is 11.8 Å². The summed E-state index contributed by atoms with van der Waals surface area (Å²) < 4.78 is 11.7. The number of likely N-dealkylation sites (tertiary alicyclic amines) is 1. The largest absolute Gasteiger partial charge is 0.495 e. The Morgan fingerprint density at radius 2 is 2.08 bits per heavy atom. The van der Waals surface area contributed by atoms with Crippen molar-refractivity contribution in [2.75, 3.05) is 25.6 Å². The van der Waals surface area contributed by atoms with Crippen LogP contribution in [-0.4, -0.2) is 39.7 Å². The summed E-state index contributed by atoms with van der Waals surface area (Å²) in [5.74, 6) is 0.648. The Labute approximate surface area is 238 Å². The second kappa shape index (κ2) is 12.2. The van der Waals surface area contributed by atoms with E-state index in [1.165, 1.54) is 6.42 Å². The number of methoxy groups -OCH3 is 1. The van der Waals surface area contributed by atoms with E-state index >= 15 is 0 Å². The number of nitrogens with one attached hydrogen (secondary N) is 1. The molecule has 1 N–H and O–H groups in total. The molecule has 0 saturated carbocycles. The first-order valence-corrected chi connectivity index (χ1v) is 14.2. The van der Waals surface area contributed by atoms with E-state index < -0.39 is 0 Å². The van der Waals surface area contributed by atoms with Crippen LogP contribution in [0, 0.1) is 11.3 Å². The predicted octanol–water partition coefficient (Wildman–Crippen LogP) is 7.10. The lowest BCUT2D eigenvalue weighted by molar-refractivity contribution is 0.0489. The predicted molar refractivity (Wildman–Crippen MR) is 159 cm³/mol. The molecule has 8 heteroatoms. The zero-order chi connectivity index (χ0) is 26.6. The number of hydrogen-bond acceptors (Lipinski definition) is 6. The smallest absolute Gasteiger partial charge is 0.137 e. The lowest BCUT2D eigenvalue weighted by Crippen LogP contribution is -2.45. The number of aryl methyl sites for hydroxylation is 1. The highest BCUT2D eigenvalue weighted by Gasteiger charge is 2.40. The summed E-state index contributed by atoms with van der Waals surface area (Å²) in [5.41, 5.74) is 5.54. The monoisotopic (exact) mass is 632 g/mol. The van der Waals surface area contributed by atoms with Gasteiger partial charge in [0.1, 0.15) is 5.75 Å². The van der Waals surface area contributed by atoms with E-state index in [0.29, 0.717) is 42.1 Å². The molecule has 0 bridgehead atoms. The quantitative estimate of drug-likeness (QED) is 0.146. The van der Waals surface area contributed by atoms with E-state index in [2.05, 4.69) is 59.6 Å². The third-order valence-electron chi connectivity index (χ3n) is 7.00. The molecule has 1 aliphatic heterocycles. The van der Waals surface area contributed by atoms with Crippen LogP contribution >= 0.6 is 34.2 Å².